The first-order valence-electron chi connectivity index (χ1n) is 7.46. The molecule has 0 aromatic carbocycles. The van der Waals surface area contributed by atoms with Gasteiger partial charge in [0, 0.05) is 6.54 Å². The van der Waals surface area contributed by atoms with Crippen molar-refractivity contribution in [2.75, 3.05) is 6.54 Å². The van der Waals surface area contributed by atoms with Gasteiger partial charge in [0.1, 0.15) is 5.92 Å². The first-order valence-corrected chi connectivity index (χ1v) is 7.46. The molecule has 2 aliphatic rings. The van der Waals surface area contributed by atoms with Crippen LogP contribution in [0.2, 0.25) is 0 Å². The van der Waals surface area contributed by atoms with Crippen LogP contribution < -0.4 is 5.32 Å². The fourth-order valence-electron chi connectivity index (χ4n) is 3.00. The molecule has 2 rings (SSSR count). The molecule has 1 aliphatic carbocycles. The standard InChI is InChI=1S/C15H24N2O3/c1-15(2,3)8-9-17-13(19)11(10-6-4-5-7-10)12(18)16-14(17)20/h10-11H,4-9H2,1-3H3,(H,16,18,20). The molecule has 0 spiro atoms. The van der Waals surface area contributed by atoms with Crippen LogP contribution in [-0.4, -0.2) is 29.3 Å². The van der Waals surface area contributed by atoms with E-state index in [0.717, 1.165) is 32.1 Å². The number of urea groups is 1. The minimum Gasteiger partial charge on any atom is -0.277 e. The van der Waals surface area contributed by atoms with Gasteiger partial charge in [0.25, 0.3) is 0 Å². The number of imide groups is 2. The van der Waals surface area contributed by atoms with Crippen LogP contribution in [0.4, 0.5) is 4.79 Å². The number of carbonyl (C=O) groups is 3. The lowest BCUT2D eigenvalue weighted by Gasteiger charge is -2.34. The van der Waals surface area contributed by atoms with E-state index in [4.69, 9.17) is 0 Å². The first kappa shape index (κ1) is 15.0. The fraction of sp³-hybridized carbons (Fsp3) is 0.800. The summed E-state index contributed by atoms with van der Waals surface area (Å²) in [5.74, 6) is -1.25. The van der Waals surface area contributed by atoms with Crippen molar-refractivity contribution in [1.82, 2.24) is 10.2 Å². The Bertz CT molecular complexity index is 419. The molecule has 0 aromatic rings. The molecule has 0 bridgehead atoms. The lowest BCUT2D eigenvalue weighted by molar-refractivity contribution is -0.145. The first-order chi connectivity index (χ1) is 9.29. The zero-order valence-corrected chi connectivity index (χ0v) is 12.6. The van der Waals surface area contributed by atoms with E-state index < -0.39 is 17.9 Å². The highest BCUT2D eigenvalue weighted by molar-refractivity contribution is 6.16. The third kappa shape index (κ3) is 3.19. The van der Waals surface area contributed by atoms with Crippen LogP contribution in [0.15, 0.2) is 0 Å². The molecule has 1 unspecified atom stereocenters. The SMILES string of the molecule is CC(C)(C)CCN1C(=O)NC(=O)C(C2CCCC2)C1=O. The molecule has 2 fully saturated rings. The quantitative estimate of drug-likeness (QED) is 0.807. The zero-order chi connectivity index (χ0) is 14.9. The lowest BCUT2D eigenvalue weighted by Crippen LogP contribution is -2.59. The van der Waals surface area contributed by atoms with E-state index in [1.165, 1.54) is 4.90 Å². The highest BCUT2D eigenvalue weighted by atomic mass is 16.2. The summed E-state index contributed by atoms with van der Waals surface area (Å²) in [4.78, 5) is 37.6. The van der Waals surface area contributed by atoms with Crippen molar-refractivity contribution in [3.05, 3.63) is 0 Å². The maximum Gasteiger partial charge on any atom is 0.330 e. The van der Waals surface area contributed by atoms with E-state index in [0.29, 0.717) is 6.54 Å². The Hall–Kier alpha value is -1.39. The highest BCUT2D eigenvalue weighted by Gasteiger charge is 2.45. The summed E-state index contributed by atoms with van der Waals surface area (Å²) in [5, 5.41) is 2.35. The van der Waals surface area contributed by atoms with Gasteiger partial charge < -0.3 is 0 Å². The predicted octanol–water partition coefficient (Wildman–Crippen LogP) is 2.31. The van der Waals surface area contributed by atoms with Crippen molar-refractivity contribution >= 4 is 17.8 Å². The second kappa shape index (κ2) is 5.54. The Labute approximate surface area is 120 Å². The smallest absolute Gasteiger partial charge is 0.277 e. The summed E-state index contributed by atoms with van der Waals surface area (Å²) >= 11 is 0. The van der Waals surface area contributed by atoms with E-state index >= 15 is 0 Å². The maximum absolute atomic E-state index is 12.5. The van der Waals surface area contributed by atoms with Gasteiger partial charge >= 0.3 is 6.03 Å². The van der Waals surface area contributed by atoms with Gasteiger partial charge in [-0.05, 0) is 30.6 Å². The number of hydrogen-bond acceptors (Lipinski definition) is 3. The number of nitrogens with zero attached hydrogens (tertiary/aromatic N) is 1. The van der Waals surface area contributed by atoms with Crippen molar-refractivity contribution < 1.29 is 14.4 Å². The Kier molecular flexibility index (Phi) is 4.16. The van der Waals surface area contributed by atoms with E-state index in [9.17, 15) is 14.4 Å². The number of amides is 4. The molecule has 20 heavy (non-hydrogen) atoms. The number of nitrogens with one attached hydrogen (secondary N) is 1. The Morgan fingerprint density at radius 2 is 1.75 bits per heavy atom. The molecule has 4 amide bonds. The molecule has 1 atom stereocenters. The van der Waals surface area contributed by atoms with Crippen LogP contribution in [0.1, 0.15) is 52.9 Å². The van der Waals surface area contributed by atoms with Gasteiger partial charge in [0.15, 0.2) is 0 Å². The van der Waals surface area contributed by atoms with Crippen LogP contribution in [0, 0.1) is 17.3 Å². The third-order valence-electron chi connectivity index (χ3n) is 4.25. The lowest BCUT2D eigenvalue weighted by atomic mass is 9.87. The molecule has 0 aromatic heterocycles. The molecular formula is C15H24N2O3. The minimum atomic E-state index is -0.657. The van der Waals surface area contributed by atoms with Gasteiger partial charge in [0.2, 0.25) is 11.8 Å². The molecular weight excluding hydrogens is 256 g/mol. The van der Waals surface area contributed by atoms with Crippen molar-refractivity contribution in [3.63, 3.8) is 0 Å². The van der Waals surface area contributed by atoms with E-state index in [1.54, 1.807) is 0 Å². The molecule has 0 radical (unpaired) electrons. The summed E-state index contributed by atoms with van der Waals surface area (Å²) < 4.78 is 0. The second-order valence-corrected chi connectivity index (χ2v) is 7.12. The van der Waals surface area contributed by atoms with Crippen molar-refractivity contribution in [2.24, 2.45) is 17.3 Å². The Morgan fingerprint density at radius 1 is 1.15 bits per heavy atom. The van der Waals surface area contributed by atoms with E-state index in [-0.39, 0.29) is 17.2 Å². The number of carbonyl (C=O) groups excluding carboxylic acids is 3. The number of rotatable bonds is 3. The third-order valence-corrected chi connectivity index (χ3v) is 4.25. The van der Waals surface area contributed by atoms with Gasteiger partial charge in [0.05, 0.1) is 0 Å². The van der Waals surface area contributed by atoms with Gasteiger partial charge in [-0.15, -0.1) is 0 Å². The molecule has 1 saturated heterocycles. The van der Waals surface area contributed by atoms with Crippen molar-refractivity contribution in [2.45, 2.75) is 52.9 Å². The average Bonchev–Trinajstić information content (AvgIpc) is 2.80. The van der Waals surface area contributed by atoms with Crippen LogP contribution in [0.25, 0.3) is 0 Å². The molecule has 112 valence electrons. The van der Waals surface area contributed by atoms with Crippen LogP contribution in [-0.2, 0) is 9.59 Å². The largest absolute Gasteiger partial charge is 0.330 e. The summed E-state index contributed by atoms with van der Waals surface area (Å²) in [7, 11) is 0. The maximum atomic E-state index is 12.5. The molecule has 1 N–H and O–H groups in total. The minimum absolute atomic E-state index is 0.0465. The normalized spacial score (nSPS) is 25.2. The van der Waals surface area contributed by atoms with Crippen molar-refractivity contribution in [3.8, 4) is 0 Å². The monoisotopic (exact) mass is 280 g/mol. The van der Waals surface area contributed by atoms with Crippen molar-refractivity contribution in [1.29, 1.82) is 0 Å². The van der Waals surface area contributed by atoms with Crippen LogP contribution in [0.5, 0.6) is 0 Å². The Morgan fingerprint density at radius 3 is 2.30 bits per heavy atom. The molecule has 1 heterocycles. The highest BCUT2D eigenvalue weighted by Crippen LogP contribution is 2.34. The van der Waals surface area contributed by atoms with Gasteiger partial charge in [-0.25, -0.2) is 4.79 Å². The summed E-state index contributed by atoms with van der Waals surface area (Å²) in [6.45, 7) is 6.58. The van der Waals surface area contributed by atoms with E-state index in [1.807, 2.05) is 0 Å². The predicted molar refractivity (Wildman–Crippen MR) is 74.8 cm³/mol. The molecule has 5 heteroatoms. The second-order valence-electron chi connectivity index (χ2n) is 7.12. The summed E-state index contributed by atoms with van der Waals surface area (Å²) in [6.07, 6.45) is 4.68. The van der Waals surface area contributed by atoms with Crippen LogP contribution >= 0.6 is 0 Å². The number of barbiturate groups is 1. The molecule has 5 nitrogen and oxygen atoms in total. The van der Waals surface area contributed by atoms with Gasteiger partial charge in [-0.2, -0.15) is 0 Å². The number of hydrogen-bond donors (Lipinski definition) is 1. The fourth-order valence-corrected chi connectivity index (χ4v) is 3.00. The van der Waals surface area contributed by atoms with Crippen LogP contribution in [0.3, 0.4) is 0 Å². The summed E-state index contributed by atoms with van der Waals surface area (Å²) in [5.41, 5.74) is 0.0465. The van der Waals surface area contributed by atoms with E-state index in [2.05, 4.69) is 26.1 Å². The Balaban J connectivity index is 2.09. The molecule has 1 aliphatic heterocycles. The molecule has 1 saturated carbocycles. The average molecular weight is 280 g/mol. The van der Waals surface area contributed by atoms with Gasteiger partial charge in [-0.3, -0.25) is 19.8 Å². The topological polar surface area (TPSA) is 66.5 Å². The zero-order valence-electron chi connectivity index (χ0n) is 12.6. The van der Waals surface area contributed by atoms with Gasteiger partial charge in [-0.1, -0.05) is 33.6 Å². The summed E-state index contributed by atoms with van der Waals surface area (Å²) in [6, 6.07) is -0.557.